The molecule has 0 aliphatic rings. The molecule has 1 aromatic rings. The summed E-state index contributed by atoms with van der Waals surface area (Å²) in [7, 11) is 0. The molecule has 0 atom stereocenters. The Morgan fingerprint density at radius 1 is 0.850 bits per heavy atom. The van der Waals surface area contributed by atoms with E-state index in [2.05, 4.69) is 16.5 Å². The van der Waals surface area contributed by atoms with Crippen LogP contribution in [0.15, 0.2) is 18.7 Å². The average Bonchev–Trinajstić information content (AvgIpc) is 2.97. The molecular formula is C17H32N2O. The Balaban J connectivity index is 1.70. The summed E-state index contributed by atoms with van der Waals surface area (Å²) in [6.45, 7) is 5.26. The van der Waals surface area contributed by atoms with Crippen molar-refractivity contribution in [1.29, 1.82) is 0 Å². The third-order valence-corrected chi connectivity index (χ3v) is 3.66. The second-order valence-corrected chi connectivity index (χ2v) is 5.59. The Morgan fingerprint density at radius 3 is 2.15 bits per heavy atom. The van der Waals surface area contributed by atoms with Crippen molar-refractivity contribution in [2.75, 3.05) is 13.2 Å². The SMILES string of the molecule is CCCCCCCCOCCCCCCn1ccnc1. The number of aryl methyl sites for hydroxylation is 1. The van der Waals surface area contributed by atoms with Gasteiger partial charge in [-0.15, -0.1) is 0 Å². The number of hydrogen-bond acceptors (Lipinski definition) is 2. The van der Waals surface area contributed by atoms with E-state index in [0.29, 0.717) is 0 Å². The minimum absolute atomic E-state index is 0.944. The van der Waals surface area contributed by atoms with Crippen molar-refractivity contribution in [1.82, 2.24) is 9.55 Å². The second kappa shape index (κ2) is 13.2. The van der Waals surface area contributed by atoms with Gasteiger partial charge < -0.3 is 9.30 Å². The summed E-state index contributed by atoms with van der Waals surface area (Å²) in [4.78, 5) is 4.05. The van der Waals surface area contributed by atoms with Gasteiger partial charge in [0.2, 0.25) is 0 Å². The monoisotopic (exact) mass is 280 g/mol. The molecule has 1 aromatic heterocycles. The molecule has 0 saturated carbocycles. The first-order chi connectivity index (χ1) is 9.93. The Morgan fingerprint density at radius 2 is 1.50 bits per heavy atom. The Bertz CT molecular complexity index is 285. The lowest BCUT2D eigenvalue weighted by molar-refractivity contribution is 0.125. The fourth-order valence-corrected chi connectivity index (χ4v) is 2.36. The maximum absolute atomic E-state index is 5.68. The standard InChI is InChI=1S/C17H32N2O/c1-2-3-4-5-7-10-15-20-16-11-8-6-9-13-19-14-12-18-17-19/h12,14,17H,2-11,13,15-16H2,1H3. The van der Waals surface area contributed by atoms with E-state index in [-0.39, 0.29) is 0 Å². The molecule has 0 fully saturated rings. The van der Waals surface area contributed by atoms with Crippen LogP contribution in [-0.2, 0) is 11.3 Å². The van der Waals surface area contributed by atoms with E-state index in [1.165, 1.54) is 64.2 Å². The summed E-state index contributed by atoms with van der Waals surface area (Å²) in [5.74, 6) is 0. The molecule has 0 unspecified atom stereocenters. The summed E-state index contributed by atoms with van der Waals surface area (Å²) in [6, 6.07) is 0. The van der Waals surface area contributed by atoms with Crippen molar-refractivity contribution in [2.24, 2.45) is 0 Å². The van der Waals surface area contributed by atoms with Gasteiger partial charge >= 0.3 is 0 Å². The highest BCUT2D eigenvalue weighted by atomic mass is 16.5. The van der Waals surface area contributed by atoms with Crippen LogP contribution in [0.2, 0.25) is 0 Å². The number of imidazole rings is 1. The van der Waals surface area contributed by atoms with Crippen LogP contribution in [0.3, 0.4) is 0 Å². The molecule has 1 heterocycles. The zero-order valence-electron chi connectivity index (χ0n) is 13.2. The van der Waals surface area contributed by atoms with Crippen LogP contribution in [0.4, 0.5) is 0 Å². The van der Waals surface area contributed by atoms with Crippen LogP contribution >= 0.6 is 0 Å². The predicted molar refractivity (Wildman–Crippen MR) is 84.9 cm³/mol. The minimum atomic E-state index is 0.944. The highest BCUT2D eigenvalue weighted by Crippen LogP contribution is 2.06. The van der Waals surface area contributed by atoms with E-state index in [1.807, 2.05) is 18.7 Å². The lowest BCUT2D eigenvalue weighted by Gasteiger charge is -2.05. The highest BCUT2D eigenvalue weighted by molar-refractivity contribution is 4.73. The van der Waals surface area contributed by atoms with Gasteiger partial charge in [-0.25, -0.2) is 4.98 Å². The Hall–Kier alpha value is -0.830. The van der Waals surface area contributed by atoms with E-state index in [0.717, 1.165) is 19.8 Å². The number of nitrogens with zero attached hydrogens (tertiary/aromatic N) is 2. The number of hydrogen-bond donors (Lipinski definition) is 0. The zero-order valence-corrected chi connectivity index (χ0v) is 13.2. The molecule has 0 spiro atoms. The molecule has 0 aromatic carbocycles. The van der Waals surface area contributed by atoms with Gasteiger partial charge in [-0.2, -0.15) is 0 Å². The Kier molecular flexibility index (Phi) is 11.3. The number of ether oxygens (including phenoxy) is 1. The number of unbranched alkanes of at least 4 members (excludes halogenated alkanes) is 8. The van der Waals surface area contributed by atoms with E-state index < -0.39 is 0 Å². The molecule has 3 heteroatoms. The van der Waals surface area contributed by atoms with Crippen LogP contribution in [0.1, 0.15) is 71.1 Å². The summed E-state index contributed by atoms with van der Waals surface area (Å²) in [5.41, 5.74) is 0. The van der Waals surface area contributed by atoms with Crippen molar-refractivity contribution in [2.45, 2.75) is 77.7 Å². The van der Waals surface area contributed by atoms with Crippen molar-refractivity contribution in [3.05, 3.63) is 18.7 Å². The zero-order chi connectivity index (χ0) is 14.3. The lowest BCUT2D eigenvalue weighted by atomic mass is 10.1. The maximum Gasteiger partial charge on any atom is 0.0945 e. The van der Waals surface area contributed by atoms with E-state index in [9.17, 15) is 0 Å². The normalized spacial score (nSPS) is 11.1. The molecule has 116 valence electrons. The van der Waals surface area contributed by atoms with E-state index in [1.54, 1.807) is 0 Å². The van der Waals surface area contributed by atoms with Crippen molar-refractivity contribution in [3.8, 4) is 0 Å². The van der Waals surface area contributed by atoms with Crippen LogP contribution in [-0.4, -0.2) is 22.8 Å². The van der Waals surface area contributed by atoms with Crippen LogP contribution in [0.25, 0.3) is 0 Å². The molecule has 0 aliphatic carbocycles. The molecular weight excluding hydrogens is 248 g/mol. The molecule has 0 bridgehead atoms. The molecule has 0 amide bonds. The summed E-state index contributed by atoms with van der Waals surface area (Å²) in [6.07, 6.45) is 18.9. The smallest absolute Gasteiger partial charge is 0.0945 e. The van der Waals surface area contributed by atoms with Gasteiger partial charge in [-0.05, 0) is 19.3 Å². The van der Waals surface area contributed by atoms with Gasteiger partial charge in [0.25, 0.3) is 0 Å². The fourth-order valence-electron chi connectivity index (χ4n) is 2.36. The van der Waals surface area contributed by atoms with Crippen molar-refractivity contribution >= 4 is 0 Å². The van der Waals surface area contributed by atoms with Crippen LogP contribution in [0.5, 0.6) is 0 Å². The quantitative estimate of drug-likeness (QED) is 0.457. The molecule has 0 radical (unpaired) electrons. The molecule has 1 rings (SSSR count). The predicted octanol–water partition coefficient (Wildman–Crippen LogP) is 4.82. The van der Waals surface area contributed by atoms with Crippen molar-refractivity contribution < 1.29 is 4.74 Å². The summed E-state index contributed by atoms with van der Waals surface area (Å²) >= 11 is 0. The average molecular weight is 280 g/mol. The fraction of sp³-hybridized carbons (Fsp3) is 0.824. The molecule has 20 heavy (non-hydrogen) atoms. The van der Waals surface area contributed by atoms with Gasteiger partial charge in [0.1, 0.15) is 0 Å². The van der Waals surface area contributed by atoms with Gasteiger partial charge in [0, 0.05) is 32.2 Å². The highest BCUT2D eigenvalue weighted by Gasteiger charge is 1.94. The van der Waals surface area contributed by atoms with Crippen LogP contribution in [0, 0.1) is 0 Å². The lowest BCUT2D eigenvalue weighted by Crippen LogP contribution is -1.98. The van der Waals surface area contributed by atoms with Gasteiger partial charge in [-0.1, -0.05) is 51.9 Å². The van der Waals surface area contributed by atoms with Gasteiger partial charge in [-0.3, -0.25) is 0 Å². The molecule has 0 N–H and O–H groups in total. The van der Waals surface area contributed by atoms with E-state index >= 15 is 0 Å². The topological polar surface area (TPSA) is 27.1 Å². The number of aromatic nitrogens is 2. The molecule has 3 nitrogen and oxygen atoms in total. The second-order valence-electron chi connectivity index (χ2n) is 5.59. The van der Waals surface area contributed by atoms with Crippen molar-refractivity contribution in [3.63, 3.8) is 0 Å². The molecule has 0 saturated heterocycles. The largest absolute Gasteiger partial charge is 0.381 e. The third-order valence-electron chi connectivity index (χ3n) is 3.66. The van der Waals surface area contributed by atoms with Gasteiger partial charge in [0.05, 0.1) is 6.33 Å². The molecule has 0 aliphatic heterocycles. The van der Waals surface area contributed by atoms with Gasteiger partial charge in [0.15, 0.2) is 0 Å². The number of rotatable bonds is 14. The minimum Gasteiger partial charge on any atom is -0.381 e. The third kappa shape index (κ3) is 10.0. The summed E-state index contributed by atoms with van der Waals surface area (Å²) in [5, 5.41) is 0. The first-order valence-corrected chi connectivity index (χ1v) is 8.47. The summed E-state index contributed by atoms with van der Waals surface area (Å²) < 4.78 is 7.83. The van der Waals surface area contributed by atoms with Crippen LogP contribution < -0.4 is 0 Å². The maximum atomic E-state index is 5.68. The Labute approximate surface area is 124 Å². The first-order valence-electron chi connectivity index (χ1n) is 8.47. The first kappa shape index (κ1) is 17.2. The van der Waals surface area contributed by atoms with E-state index in [4.69, 9.17) is 4.74 Å².